The highest BCUT2D eigenvalue weighted by Gasteiger charge is 2.05. The summed E-state index contributed by atoms with van der Waals surface area (Å²) >= 11 is 1.90. The van der Waals surface area contributed by atoms with Crippen LogP contribution in [0.25, 0.3) is 0 Å². The Kier molecular flexibility index (Phi) is 5.06. The Morgan fingerprint density at radius 2 is 1.74 bits per heavy atom. The zero-order chi connectivity index (χ0) is 13.7. The molecule has 0 saturated heterocycles. The van der Waals surface area contributed by atoms with Crippen molar-refractivity contribution >= 4 is 11.8 Å². The van der Waals surface area contributed by atoms with Crippen molar-refractivity contribution in [1.82, 2.24) is 0 Å². The lowest BCUT2D eigenvalue weighted by atomic mass is 10.1. The van der Waals surface area contributed by atoms with Crippen molar-refractivity contribution in [2.75, 3.05) is 5.75 Å². The summed E-state index contributed by atoms with van der Waals surface area (Å²) in [5.41, 5.74) is 11.4. The highest BCUT2D eigenvalue weighted by atomic mass is 32.2. The first kappa shape index (κ1) is 14.2. The monoisotopic (exact) mass is 271 g/mol. The van der Waals surface area contributed by atoms with Gasteiger partial charge in [-0.25, -0.2) is 0 Å². The standard InChI is InChI=1S/C17H21NS/c1-13-6-8-16(9-7-13)17(18)12-19-11-15-5-3-4-14(2)10-15/h3-10,17H,11-12,18H2,1-2H3. The molecular formula is C17H21NS. The van der Waals surface area contributed by atoms with Crippen LogP contribution in [0.5, 0.6) is 0 Å². The van der Waals surface area contributed by atoms with Crippen LogP contribution in [-0.4, -0.2) is 5.75 Å². The van der Waals surface area contributed by atoms with Crippen molar-refractivity contribution in [3.8, 4) is 0 Å². The van der Waals surface area contributed by atoms with Gasteiger partial charge in [0.2, 0.25) is 0 Å². The second-order valence-electron chi connectivity index (χ2n) is 5.02. The normalized spacial score (nSPS) is 12.4. The molecular weight excluding hydrogens is 250 g/mol. The van der Waals surface area contributed by atoms with E-state index in [2.05, 4.69) is 62.4 Å². The fraction of sp³-hybridized carbons (Fsp3) is 0.294. The summed E-state index contributed by atoms with van der Waals surface area (Å²) < 4.78 is 0. The molecule has 2 heteroatoms. The van der Waals surface area contributed by atoms with E-state index in [1.165, 1.54) is 22.3 Å². The van der Waals surface area contributed by atoms with E-state index >= 15 is 0 Å². The zero-order valence-corrected chi connectivity index (χ0v) is 12.4. The lowest BCUT2D eigenvalue weighted by molar-refractivity contribution is 0.830. The lowest BCUT2D eigenvalue weighted by Gasteiger charge is -2.12. The first-order valence-electron chi connectivity index (χ1n) is 6.60. The van der Waals surface area contributed by atoms with Crippen molar-refractivity contribution in [1.29, 1.82) is 0 Å². The van der Waals surface area contributed by atoms with Gasteiger partial charge in [0.1, 0.15) is 0 Å². The topological polar surface area (TPSA) is 26.0 Å². The van der Waals surface area contributed by atoms with Crippen molar-refractivity contribution in [3.05, 3.63) is 70.8 Å². The van der Waals surface area contributed by atoms with Crippen molar-refractivity contribution in [2.45, 2.75) is 25.6 Å². The van der Waals surface area contributed by atoms with Crippen molar-refractivity contribution in [2.24, 2.45) is 5.73 Å². The van der Waals surface area contributed by atoms with E-state index in [0.717, 1.165) is 11.5 Å². The molecule has 0 bridgehead atoms. The molecule has 0 aliphatic carbocycles. The third-order valence-electron chi connectivity index (χ3n) is 3.15. The summed E-state index contributed by atoms with van der Waals surface area (Å²) in [5.74, 6) is 1.98. The van der Waals surface area contributed by atoms with Crippen LogP contribution in [0.2, 0.25) is 0 Å². The molecule has 0 radical (unpaired) electrons. The number of aryl methyl sites for hydroxylation is 2. The molecule has 2 N–H and O–H groups in total. The van der Waals surface area contributed by atoms with E-state index < -0.39 is 0 Å². The van der Waals surface area contributed by atoms with E-state index in [4.69, 9.17) is 5.73 Å². The molecule has 0 aliphatic rings. The number of nitrogens with two attached hydrogens (primary N) is 1. The Bertz CT molecular complexity index is 519. The minimum absolute atomic E-state index is 0.121. The van der Waals surface area contributed by atoms with Crippen LogP contribution >= 0.6 is 11.8 Å². The fourth-order valence-corrected chi connectivity index (χ4v) is 3.00. The third-order valence-corrected chi connectivity index (χ3v) is 4.29. The Labute approximate surface area is 120 Å². The number of hydrogen-bond donors (Lipinski definition) is 1. The zero-order valence-electron chi connectivity index (χ0n) is 11.6. The molecule has 2 rings (SSSR count). The van der Waals surface area contributed by atoms with Crippen LogP contribution in [0.3, 0.4) is 0 Å². The van der Waals surface area contributed by atoms with Gasteiger partial charge in [0.15, 0.2) is 0 Å². The minimum atomic E-state index is 0.121. The highest BCUT2D eigenvalue weighted by molar-refractivity contribution is 7.98. The number of benzene rings is 2. The van der Waals surface area contributed by atoms with E-state index in [-0.39, 0.29) is 6.04 Å². The van der Waals surface area contributed by atoms with Gasteiger partial charge in [-0.1, -0.05) is 59.7 Å². The van der Waals surface area contributed by atoms with Gasteiger partial charge >= 0.3 is 0 Å². The molecule has 1 unspecified atom stereocenters. The van der Waals surface area contributed by atoms with Crippen LogP contribution in [-0.2, 0) is 5.75 Å². The second-order valence-corrected chi connectivity index (χ2v) is 6.05. The van der Waals surface area contributed by atoms with Gasteiger partial charge in [-0.05, 0) is 25.0 Å². The number of hydrogen-bond acceptors (Lipinski definition) is 2. The Hall–Kier alpha value is -1.25. The van der Waals surface area contributed by atoms with E-state index in [1.54, 1.807) is 0 Å². The molecule has 0 aromatic heterocycles. The maximum Gasteiger partial charge on any atom is 0.0386 e. The highest BCUT2D eigenvalue weighted by Crippen LogP contribution is 2.20. The summed E-state index contributed by atoms with van der Waals surface area (Å²) in [6.07, 6.45) is 0. The van der Waals surface area contributed by atoms with Crippen LogP contribution in [0, 0.1) is 13.8 Å². The summed E-state index contributed by atoms with van der Waals surface area (Å²) in [6.45, 7) is 4.23. The Morgan fingerprint density at radius 1 is 1.00 bits per heavy atom. The molecule has 0 heterocycles. The molecule has 0 aliphatic heterocycles. The maximum absolute atomic E-state index is 6.22. The third kappa shape index (κ3) is 4.41. The van der Waals surface area contributed by atoms with Gasteiger partial charge in [0.05, 0.1) is 0 Å². The van der Waals surface area contributed by atoms with Crippen molar-refractivity contribution < 1.29 is 0 Å². The van der Waals surface area contributed by atoms with E-state index in [1.807, 2.05) is 11.8 Å². The molecule has 100 valence electrons. The van der Waals surface area contributed by atoms with Gasteiger partial charge in [-0.15, -0.1) is 0 Å². The average molecular weight is 271 g/mol. The van der Waals surface area contributed by atoms with Crippen LogP contribution < -0.4 is 5.73 Å². The SMILES string of the molecule is Cc1ccc(C(N)CSCc2cccc(C)c2)cc1. The Morgan fingerprint density at radius 3 is 2.42 bits per heavy atom. The van der Waals surface area contributed by atoms with E-state index in [0.29, 0.717) is 0 Å². The molecule has 2 aromatic carbocycles. The summed E-state index contributed by atoms with van der Waals surface area (Å²) in [5, 5.41) is 0. The van der Waals surface area contributed by atoms with Gasteiger partial charge < -0.3 is 5.73 Å². The van der Waals surface area contributed by atoms with Crippen LogP contribution in [0.1, 0.15) is 28.3 Å². The lowest BCUT2D eigenvalue weighted by Crippen LogP contribution is -2.13. The smallest absolute Gasteiger partial charge is 0.0386 e. The predicted octanol–water partition coefficient (Wildman–Crippen LogP) is 4.24. The van der Waals surface area contributed by atoms with Crippen molar-refractivity contribution in [3.63, 3.8) is 0 Å². The molecule has 1 nitrogen and oxygen atoms in total. The molecule has 19 heavy (non-hydrogen) atoms. The van der Waals surface area contributed by atoms with Crippen LogP contribution in [0.4, 0.5) is 0 Å². The fourth-order valence-electron chi connectivity index (χ4n) is 2.02. The van der Waals surface area contributed by atoms with Gasteiger partial charge in [-0.2, -0.15) is 11.8 Å². The number of thioether (sulfide) groups is 1. The Balaban J connectivity index is 1.84. The summed E-state index contributed by atoms with van der Waals surface area (Å²) in [6, 6.07) is 17.3. The van der Waals surface area contributed by atoms with Gasteiger partial charge in [0, 0.05) is 17.5 Å². The largest absolute Gasteiger partial charge is 0.323 e. The summed E-state index contributed by atoms with van der Waals surface area (Å²) in [4.78, 5) is 0. The molecule has 2 aromatic rings. The number of rotatable bonds is 5. The van der Waals surface area contributed by atoms with Gasteiger partial charge in [0.25, 0.3) is 0 Å². The summed E-state index contributed by atoms with van der Waals surface area (Å²) in [7, 11) is 0. The van der Waals surface area contributed by atoms with Gasteiger partial charge in [-0.3, -0.25) is 0 Å². The average Bonchev–Trinajstić information content (AvgIpc) is 2.39. The minimum Gasteiger partial charge on any atom is -0.323 e. The molecule has 1 atom stereocenters. The first-order valence-corrected chi connectivity index (χ1v) is 7.76. The second kappa shape index (κ2) is 6.78. The molecule has 0 fully saturated rings. The quantitative estimate of drug-likeness (QED) is 0.880. The molecule has 0 saturated carbocycles. The molecule has 0 amide bonds. The first-order chi connectivity index (χ1) is 9.15. The van der Waals surface area contributed by atoms with E-state index in [9.17, 15) is 0 Å². The van der Waals surface area contributed by atoms with Crippen LogP contribution in [0.15, 0.2) is 48.5 Å². The predicted molar refractivity (Wildman–Crippen MR) is 85.4 cm³/mol. The molecule has 0 spiro atoms. The maximum atomic E-state index is 6.22.